The van der Waals surface area contributed by atoms with Gasteiger partial charge in [-0.05, 0) is 233 Å². The summed E-state index contributed by atoms with van der Waals surface area (Å²) >= 11 is 18.7. The van der Waals surface area contributed by atoms with E-state index in [0.29, 0.717) is 0 Å². The summed E-state index contributed by atoms with van der Waals surface area (Å²) in [6, 6.07) is 29.3. The van der Waals surface area contributed by atoms with E-state index in [2.05, 4.69) is 205 Å². The van der Waals surface area contributed by atoms with Gasteiger partial charge < -0.3 is 4.90 Å². The van der Waals surface area contributed by atoms with Crippen molar-refractivity contribution in [1.82, 2.24) is 15.0 Å². The van der Waals surface area contributed by atoms with Crippen molar-refractivity contribution in [3.8, 4) is 35.5 Å². The third-order valence-corrected chi connectivity index (χ3v) is 14.9. The number of hydrogen-bond donors (Lipinski definition) is 0. The Balaban J connectivity index is 0.000000157. The number of rotatable bonds is 4. The Kier molecular flexibility index (Phi) is 17.2. The Bertz CT molecular complexity index is 3670. The van der Waals surface area contributed by atoms with E-state index in [4.69, 9.17) is 4.98 Å². The summed E-state index contributed by atoms with van der Waals surface area (Å²) < 4.78 is 3.67. The Hall–Kier alpha value is -7.13. The fourth-order valence-corrected chi connectivity index (χ4v) is 10.8. The number of anilines is 1. The zero-order valence-corrected chi connectivity index (χ0v) is 45.6. The Labute approximate surface area is 443 Å². The van der Waals surface area contributed by atoms with Gasteiger partial charge in [-0.25, -0.2) is 15.0 Å². The van der Waals surface area contributed by atoms with Gasteiger partial charge in [-0.3, -0.25) is 0 Å². The normalized spacial score (nSPS) is 10.1. The smallest absolute Gasteiger partial charge is 0.168 e. The second-order valence-corrected chi connectivity index (χ2v) is 20.1. The summed E-state index contributed by atoms with van der Waals surface area (Å²) in [7, 11) is 4.12. The lowest BCUT2D eigenvalue weighted by atomic mass is 10.1. The molecule has 0 atom stereocenters. The lowest BCUT2D eigenvalue weighted by Gasteiger charge is -2.16. The van der Waals surface area contributed by atoms with Gasteiger partial charge in [-0.1, -0.05) is 29.9 Å². The molecular formula is C58H45N7S6. The highest BCUT2D eigenvalue weighted by Gasteiger charge is 2.14. The van der Waals surface area contributed by atoms with E-state index in [-0.39, 0.29) is 0 Å². The van der Waals surface area contributed by atoms with Gasteiger partial charge in [-0.15, -0.1) is 34.0 Å². The van der Waals surface area contributed by atoms with Gasteiger partial charge in [0.2, 0.25) is 0 Å². The van der Waals surface area contributed by atoms with E-state index in [0.717, 1.165) is 65.3 Å². The number of aryl methyl sites for hydroxylation is 8. The molecule has 3 heterocycles. The summed E-state index contributed by atoms with van der Waals surface area (Å²) in [6.07, 6.45) is 0. The molecule has 0 saturated carbocycles. The predicted octanol–water partition coefficient (Wildman–Crippen LogP) is 15.8. The second-order valence-electron chi connectivity index (χ2n) is 16.6. The lowest BCUT2D eigenvalue weighted by molar-refractivity contribution is 1.12. The van der Waals surface area contributed by atoms with E-state index < -0.39 is 0 Å². The van der Waals surface area contributed by atoms with Crippen molar-refractivity contribution in [1.29, 1.82) is 0 Å². The number of nitrogens with zero attached hydrogens (tertiary/aromatic N) is 7. The van der Waals surface area contributed by atoms with E-state index in [1.807, 2.05) is 72.8 Å². The highest BCUT2D eigenvalue weighted by atomic mass is 32.1. The van der Waals surface area contributed by atoms with E-state index in [9.17, 15) is 0 Å². The molecule has 0 bridgehead atoms. The minimum Gasteiger partial charge on any atom is -0.377 e. The molecule has 0 aliphatic rings. The monoisotopic (exact) mass is 1030 g/mol. The SMILES string of the molecule is Cc1cc(C)c2nc(C#Cc3ccc(N=C=S)cc3)sc2c1C.Cc1cc(C)c2nc(C#Cc3ccc(N=C=S)cc3)sc2c1C.Cc1cc(N(C)C)c(C)c2sc(C#Cc3ccc(N=C=S)cc3)nc12. The van der Waals surface area contributed by atoms with Crippen LogP contribution in [0.25, 0.3) is 30.6 Å². The fourth-order valence-electron chi connectivity index (χ4n) is 7.40. The minimum absolute atomic E-state index is 0.781. The number of aromatic nitrogens is 3. The number of thiazole rings is 3. The molecule has 0 radical (unpaired) electrons. The number of benzene rings is 6. The van der Waals surface area contributed by atoms with Crippen molar-refractivity contribution in [2.24, 2.45) is 15.0 Å². The molecule has 0 saturated heterocycles. The van der Waals surface area contributed by atoms with E-state index in [1.165, 1.54) is 64.3 Å². The second kappa shape index (κ2) is 23.7. The van der Waals surface area contributed by atoms with Gasteiger partial charge in [0.15, 0.2) is 15.0 Å². The molecule has 0 N–H and O–H groups in total. The quantitative estimate of drug-likeness (QED) is 0.0987. The number of aliphatic imine (C=N–C) groups is 3. The van der Waals surface area contributed by atoms with Gasteiger partial charge in [0.05, 0.1) is 63.2 Å². The number of fused-ring (bicyclic) bond motifs is 3. The van der Waals surface area contributed by atoms with Crippen LogP contribution in [0.4, 0.5) is 22.7 Å². The van der Waals surface area contributed by atoms with Crippen LogP contribution in [0, 0.1) is 90.9 Å². The van der Waals surface area contributed by atoms with Crippen LogP contribution in [-0.2, 0) is 0 Å². The Morgan fingerprint density at radius 3 is 0.986 bits per heavy atom. The average Bonchev–Trinajstić information content (AvgIpc) is 4.13. The van der Waals surface area contributed by atoms with Crippen LogP contribution in [0.5, 0.6) is 0 Å². The molecule has 348 valence electrons. The zero-order valence-electron chi connectivity index (χ0n) is 40.7. The molecule has 9 aromatic rings. The van der Waals surface area contributed by atoms with Crippen molar-refractivity contribution in [3.63, 3.8) is 0 Å². The van der Waals surface area contributed by atoms with Crippen molar-refractivity contribution in [2.75, 3.05) is 19.0 Å². The van der Waals surface area contributed by atoms with Crippen LogP contribution >= 0.6 is 70.7 Å². The topological polar surface area (TPSA) is 79.0 Å². The molecule has 0 unspecified atom stereocenters. The van der Waals surface area contributed by atoms with Gasteiger partial charge >= 0.3 is 0 Å². The Morgan fingerprint density at radius 2 is 0.690 bits per heavy atom. The van der Waals surface area contributed by atoms with Crippen molar-refractivity contribution >= 4 is 140 Å². The summed E-state index contributed by atoms with van der Waals surface area (Å²) in [5.41, 5.74) is 19.5. The molecule has 71 heavy (non-hydrogen) atoms. The van der Waals surface area contributed by atoms with Crippen LogP contribution < -0.4 is 4.90 Å². The zero-order chi connectivity index (χ0) is 50.8. The molecule has 0 aliphatic carbocycles. The lowest BCUT2D eigenvalue weighted by Crippen LogP contribution is -2.10. The molecule has 0 aliphatic heterocycles. The van der Waals surface area contributed by atoms with E-state index >= 15 is 0 Å². The number of isothiocyanates is 3. The van der Waals surface area contributed by atoms with Crippen molar-refractivity contribution in [3.05, 3.63) is 167 Å². The molecule has 0 spiro atoms. The van der Waals surface area contributed by atoms with Crippen LogP contribution in [0.1, 0.15) is 76.2 Å². The largest absolute Gasteiger partial charge is 0.377 e. The molecule has 0 fully saturated rings. The summed E-state index contributed by atoms with van der Waals surface area (Å²) in [4.78, 5) is 28.0. The van der Waals surface area contributed by atoms with Gasteiger partial charge in [0, 0.05) is 36.5 Å². The molecule has 9 rings (SSSR count). The van der Waals surface area contributed by atoms with Gasteiger partial charge in [-0.2, -0.15) is 15.0 Å². The first kappa shape index (κ1) is 51.7. The summed E-state index contributed by atoms with van der Waals surface area (Å²) in [5, 5.41) is 9.59. The standard InChI is InChI=1S/C20H17N3S2.2C19H14N2S2/c1-13-11-17(23(3)4)14(2)20-19(13)22-18(25-20)10-7-15-5-8-16(9-6-15)21-12-24;2*1-12-10-13(2)18-19(14(12)3)23-17(21-18)9-6-15-4-7-16(8-5-15)20-11-22/h5-6,8-9,11H,1-4H3;2*4-5,7-8,10H,1-3H3. The summed E-state index contributed by atoms with van der Waals surface area (Å²) in [5.74, 6) is 19.0. The molecule has 13 heteroatoms. The number of hydrogen-bond acceptors (Lipinski definition) is 13. The molecule has 3 aromatic heterocycles. The van der Waals surface area contributed by atoms with Crippen LogP contribution in [0.2, 0.25) is 0 Å². The number of thiocarbonyl (C=S) groups is 3. The molecular weight excluding hydrogens is 987 g/mol. The first-order valence-electron chi connectivity index (χ1n) is 22.1. The van der Waals surface area contributed by atoms with E-state index in [1.54, 1.807) is 34.0 Å². The van der Waals surface area contributed by atoms with Crippen molar-refractivity contribution < 1.29 is 0 Å². The fraction of sp³-hybridized carbons (Fsp3) is 0.172. The van der Waals surface area contributed by atoms with Crippen LogP contribution in [0.3, 0.4) is 0 Å². The maximum atomic E-state index is 4.72. The molecule has 0 amide bonds. The van der Waals surface area contributed by atoms with Crippen molar-refractivity contribution in [2.45, 2.75) is 55.4 Å². The first-order chi connectivity index (χ1) is 34.1. The highest BCUT2D eigenvalue weighted by Crippen LogP contribution is 2.35. The predicted molar refractivity (Wildman–Crippen MR) is 312 cm³/mol. The third-order valence-electron chi connectivity index (χ3n) is 11.4. The Morgan fingerprint density at radius 1 is 0.394 bits per heavy atom. The first-order valence-corrected chi connectivity index (χ1v) is 25.8. The van der Waals surface area contributed by atoms with Gasteiger partial charge in [0.1, 0.15) is 0 Å². The maximum Gasteiger partial charge on any atom is 0.168 e. The minimum atomic E-state index is 0.781. The van der Waals surface area contributed by atoms with Crippen LogP contribution in [-0.4, -0.2) is 44.5 Å². The average molecular weight is 1030 g/mol. The molecule has 6 aromatic carbocycles. The molecule has 7 nitrogen and oxygen atoms in total. The van der Waals surface area contributed by atoms with Gasteiger partial charge in [0.25, 0.3) is 0 Å². The summed E-state index contributed by atoms with van der Waals surface area (Å²) in [6.45, 7) is 17.0. The highest BCUT2D eigenvalue weighted by molar-refractivity contribution is 7.78. The van der Waals surface area contributed by atoms with Crippen LogP contribution in [0.15, 0.2) is 106 Å². The third kappa shape index (κ3) is 12.8. The maximum absolute atomic E-state index is 4.72.